The van der Waals surface area contributed by atoms with Gasteiger partial charge in [0.15, 0.2) is 0 Å². The van der Waals surface area contributed by atoms with Crippen molar-refractivity contribution >= 4 is 11.9 Å². The van der Waals surface area contributed by atoms with Gasteiger partial charge in [-0.3, -0.25) is 9.59 Å². The van der Waals surface area contributed by atoms with Crippen molar-refractivity contribution in [1.29, 1.82) is 0 Å². The molecule has 0 fully saturated rings. The summed E-state index contributed by atoms with van der Waals surface area (Å²) in [4.78, 5) is 22.7. The molecule has 1 aromatic rings. The third-order valence-corrected chi connectivity index (χ3v) is 3.00. The van der Waals surface area contributed by atoms with E-state index in [0.717, 1.165) is 5.56 Å². The number of hydrogen-bond acceptors (Lipinski definition) is 4. The number of ether oxygens (including phenoxy) is 2. The number of carboxylic acids is 1. The maximum Gasteiger partial charge on any atom is 0.308 e. The van der Waals surface area contributed by atoms with E-state index in [2.05, 4.69) is 5.32 Å². The zero-order valence-corrected chi connectivity index (χ0v) is 12.0. The van der Waals surface area contributed by atoms with Crippen LogP contribution in [-0.2, 0) is 4.79 Å². The smallest absolute Gasteiger partial charge is 0.308 e. The van der Waals surface area contributed by atoms with Crippen molar-refractivity contribution in [2.75, 3.05) is 20.8 Å². The summed E-state index contributed by atoms with van der Waals surface area (Å²) in [5.41, 5.74) is 1.16. The predicted octanol–water partition coefficient (Wildman–Crippen LogP) is 1.46. The largest absolute Gasteiger partial charge is 0.496 e. The monoisotopic (exact) mass is 281 g/mol. The number of nitrogens with one attached hydrogen (secondary N) is 1. The van der Waals surface area contributed by atoms with E-state index in [9.17, 15) is 9.59 Å². The summed E-state index contributed by atoms with van der Waals surface area (Å²) < 4.78 is 10.4. The molecule has 0 aliphatic carbocycles. The highest BCUT2D eigenvalue weighted by Crippen LogP contribution is 2.29. The molecule has 110 valence electrons. The lowest BCUT2D eigenvalue weighted by molar-refractivity contribution is -0.140. The molecule has 0 aliphatic heterocycles. The minimum absolute atomic E-state index is 0.0622. The molecular weight excluding hydrogens is 262 g/mol. The molecule has 1 rings (SSSR count). The Kier molecular flexibility index (Phi) is 5.37. The molecule has 0 aromatic heterocycles. The van der Waals surface area contributed by atoms with Gasteiger partial charge in [-0.15, -0.1) is 0 Å². The van der Waals surface area contributed by atoms with Gasteiger partial charge in [-0.05, 0) is 19.1 Å². The molecule has 2 N–H and O–H groups in total. The molecule has 1 amide bonds. The molecule has 0 spiro atoms. The Hall–Kier alpha value is -2.24. The Morgan fingerprint density at radius 3 is 2.15 bits per heavy atom. The number of carboxylic acid groups (broad SMARTS) is 1. The summed E-state index contributed by atoms with van der Waals surface area (Å²) in [6, 6.07) is 3.19. The van der Waals surface area contributed by atoms with Crippen LogP contribution in [0.4, 0.5) is 0 Å². The Labute approximate surface area is 117 Å². The van der Waals surface area contributed by atoms with Crippen molar-refractivity contribution in [2.45, 2.75) is 13.8 Å². The lowest BCUT2D eigenvalue weighted by atomic mass is 10.1. The van der Waals surface area contributed by atoms with Crippen LogP contribution in [-0.4, -0.2) is 37.7 Å². The van der Waals surface area contributed by atoms with Crippen molar-refractivity contribution in [3.8, 4) is 11.5 Å². The highest BCUT2D eigenvalue weighted by molar-refractivity contribution is 5.95. The van der Waals surface area contributed by atoms with Crippen molar-refractivity contribution in [3.63, 3.8) is 0 Å². The van der Waals surface area contributed by atoms with Gasteiger partial charge in [0, 0.05) is 17.7 Å². The second-order valence-electron chi connectivity index (χ2n) is 4.46. The van der Waals surface area contributed by atoms with Gasteiger partial charge in [0.25, 0.3) is 5.91 Å². The van der Waals surface area contributed by atoms with Gasteiger partial charge in [0.2, 0.25) is 0 Å². The van der Waals surface area contributed by atoms with E-state index in [1.54, 1.807) is 12.1 Å². The first kappa shape index (κ1) is 15.8. The third kappa shape index (κ3) is 3.63. The minimum Gasteiger partial charge on any atom is -0.496 e. The van der Waals surface area contributed by atoms with Crippen LogP contribution in [0.2, 0.25) is 0 Å². The second-order valence-corrected chi connectivity index (χ2v) is 4.46. The summed E-state index contributed by atoms with van der Waals surface area (Å²) >= 11 is 0. The molecule has 20 heavy (non-hydrogen) atoms. The lowest BCUT2D eigenvalue weighted by Gasteiger charge is -2.13. The molecule has 0 bridgehead atoms. The van der Waals surface area contributed by atoms with Crippen LogP contribution in [0.25, 0.3) is 0 Å². The van der Waals surface area contributed by atoms with E-state index in [1.807, 2.05) is 6.92 Å². The highest BCUT2D eigenvalue weighted by atomic mass is 16.5. The second kappa shape index (κ2) is 6.79. The average molecular weight is 281 g/mol. The molecule has 6 heteroatoms. The van der Waals surface area contributed by atoms with E-state index in [4.69, 9.17) is 14.6 Å². The van der Waals surface area contributed by atoms with Gasteiger partial charge in [0.1, 0.15) is 11.5 Å². The van der Waals surface area contributed by atoms with Crippen molar-refractivity contribution in [2.24, 2.45) is 5.92 Å². The molecular formula is C14H19NO5. The number of carbonyl (C=O) groups excluding carboxylic acids is 1. The zero-order valence-electron chi connectivity index (χ0n) is 12.0. The van der Waals surface area contributed by atoms with Gasteiger partial charge >= 0.3 is 5.97 Å². The average Bonchev–Trinajstić information content (AvgIpc) is 2.44. The summed E-state index contributed by atoms with van der Waals surface area (Å²) in [6.07, 6.45) is 0. The molecule has 0 saturated heterocycles. The van der Waals surface area contributed by atoms with Crippen LogP contribution in [0.1, 0.15) is 22.8 Å². The van der Waals surface area contributed by atoms with E-state index in [-0.39, 0.29) is 12.5 Å². The van der Waals surface area contributed by atoms with Gasteiger partial charge in [-0.1, -0.05) is 6.92 Å². The quantitative estimate of drug-likeness (QED) is 0.824. The fourth-order valence-corrected chi connectivity index (χ4v) is 1.65. The van der Waals surface area contributed by atoms with Crippen LogP contribution in [0.3, 0.4) is 0 Å². The molecule has 1 aromatic carbocycles. The Morgan fingerprint density at radius 1 is 1.25 bits per heavy atom. The molecule has 0 saturated carbocycles. The highest BCUT2D eigenvalue weighted by Gasteiger charge is 2.16. The number of benzene rings is 1. The van der Waals surface area contributed by atoms with Crippen LogP contribution >= 0.6 is 0 Å². The van der Waals surface area contributed by atoms with E-state index < -0.39 is 11.9 Å². The van der Waals surface area contributed by atoms with Crippen molar-refractivity contribution < 1.29 is 24.2 Å². The third-order valence-electron chi connectivity index (χ3n) is 3.00. The van der Waals surface area contributed by atoms with Crippen LogP contribution < -0.4 is 14.8 Å². The van der Waals surface area contributed by atoms with E-state index >= 15 is 0 Å². The molecule has 1 unspecified atom stereocenters. The zero-order chi connectivity index (χ0) is 15.3. The summed E-state index contributed by atoms with van der Waals surface area (Å²) in [7, 11) is 3.02. The number of carbonyl (C=O) groups is 2. The maximum absolute atomic E-state index is 12.0. The Balaban J connectivity index is 2.90. The fourth-order valence-electron chi connectivity index (χ4n) is 1.65. The van der Waals surface area contributed by atoms with Gasteiger partial charge in [0.05, 0.1) is 20.1 Å². The topological polar surface area (TPSA) is 84.9 Å². The molecule has 0 heterocycles. The summed E-state index contributed by atoms with van der Waals surface area (Å²) in [5, 5.41) is 11.3. The SMILES string of the molecule is COc1cc(C(=O)NCC(C)C(=O)O)cc(OC)c1C. The normalized spacial score (nSPS) is 11.6. The van der Waals surface area contributed by atoms with Gasteiger partial charge in [-0.25, -0.2) is 0 Å². The van der Waals surface area contributed by atoms with Crippen molar-refractivity contribution in [3.05, 3.63) is 23.3 Å². The van der Waals surface area contributed by atoms with Gasteiger partial charge in [-0.2, -0.15) is 0 Å². The number of rotatable bonds is 6. The Bertz CT molecular complexity index is 487. The molecule has 1 atom stereocenters. The predicted molar refractivity (Wildman–Crippen MR) is 73.4 cm³/mol. The Morgan fingerprint density at radius 2 is 1.75 bits per heavy atom. The van der Waals surface area contributed by atoms with E-state index in [0.29, 0.717) is 17.1 Å². The van der Waals surface area contributed by atoms with Crippen molar-refractivity contribution in [1.82, 2.24) is 5.32 Å². The first-order chi connectivity index (χ1) is 9.40. The minimum atomic E-state index is -0.954. The molecule has 0 aliphatic rings. The van der Waals surface area contributed by atoms with E-state index in [1.165, 1.54) is 21.1 Å². The van der Waals surface area contributed by atoms with Crippen LogP contribution in [0.5, 0.6) is 11.5 Å². The molecule has 0 radical (unpaired) electrons. The maximum atomic E-state index is 12.0. The first-order valence-electron chi connectivity index (χ1n) is 6.14. The molecule has 6 nitrogen and oxygen atoms in total. The number of hydrogen-bond donors (Lipinski definition) is 2. The van der Waals surface area contributed by atoms with Crippen LogP contribution in [0.15, 0.2) is 12.1 Å². The standard InChI is InChI=1S/C14H19NO5/c1-8(14(17)18)7-15-13(16)10-5-11(19-3)9(2)12(6-10)20-4/h5-6,8H,7H2,1-4H3,(H,15,16)(H,17,18). The fraction of sp³-hybridized carbons (Fsp3) is 0.429. The first-order valence-corrected chi connectivity index (χ1v) is 6.14. The van der Waals surface area contributed by atoms with Crippen LogP contribution in [0, 0.1) is 12.8 Å². The number of amides is 1. The summed E-state index contributed by atoms with van der Waals surface area (Å²) in [5.74, 6) is -0.881. The number of methoxy groups -OCH3 is 2. The summed E-state index contributed by atoms with van der Waals surface area (Å²) in [6.45, 7) is 3.41. The number of aliphatic carboxylic acids is 1. The van der Waals surface area contributed by atoms with Gasteiger partial charge < -0.3 is 19.9 Å². The lowest BCUT2D eigenvalue weighted by Crippen LogP contribution is -2.31.